The number of ether oxygens (including phenoxy) is 1. The number of fused-ring (bicyclic) bond motifs is 1. The Bertz CT molecular complexity index is 1140. The van der Waals surface area contributed by atoms with Crippen molar-refractivity contribution in [1.29, 1.82) is 0 Å². The van der Waals surface area contributed by atoms with Crippen LogP contribution < -0.4 is 10.2 Å². The predicted molar refractivity (Wildman–Crippen MR) is 125 cm³/mol. The lowest BCUT2D eigenvalue weighted by Crippen LogP contribution is -2.37. The molecule has 1 N–H and O–H groups in total. The van der Waals surface area contributed by atoms with Gasteiger partial charge in [-0.25, -0.2) is 12.8 Å². The van der Waals surface area contributed by atoms with Gasteiger partial charge in [0.05, 0.1) is 23.8 Å². The van der Waals surface area contributed by atoms with Crippen molar-refractivity contribution in [1.82, 2.24) is 9.62 Å². The molecule has 0 aromatic heterocycles. The number of nitrogens with zero attached hydrogens (tertiary/aromatic N) is 2. The zero-order valence-electron chi connectivity index (χ0n) is 17.9. The fourth-order valence-corrected chi connectivity index (χ4v) is 6.67. The molecule has 1 saturated carbocycles. The van der Waals surface area contributed by atoms with E-state index in [9.17, 15) is 17.6 Å². The predicted octanol–water partition coefficient (Wildman–Crippen LogP) is 2.72. The summed E-state index contributed by atoms with van der Waals surface area (Å²) < 4.78 is 47.9. The third kappa shape index (κ3) is 4.53. The zero-order valence-corrected chi connectivity index (χ0v) is 20.3. The molecule has 0 radical (unpaired) electrons. The Labute approximate surface area is 201 Å². The Kier molecular flexibility index (Phi) is 6.19. The second-order valence-corrected chi connectivity index (χ2v) is 11.6. The maximum Gasteiger partial charge on any atom is 0.251 e. The molecular weight excluding hydrogens is 513 g/mol. The minimum Gasteiger partial charge on any atom is -0.378 e. The molecule has 7 nitrogen and oxygen atoms in total. The highest BCUT2D eigenvalue weighted by Gasteiger charge is 2.57. The van der Waals surface area contributed by atoms with Crippen molar-refractivity contribution in [3.05, 3.63) is 58.3 Å². The number of anilines is 1. The van der Waals surface area contributed by atoms with Crippen molar-refractivity contribution in [2.24, 2.45) is 17.8 Å². The van der Waals surface area contributed by atoms with E-state index < -0.39 is 15.8 Å². The molecule has 5 rings (SSSR count). The number of benzene rings is 2. The third-order valence-electron chi connectivity index (χ3n) is 6.85. The largest absolute Gasteiger partial charge is 0.378 e. The van der Waals surface area contributed by atoms with Gasteiger partial charge >= 0.3 is 0 Å². The Balaban J connectivity index is 1.14. The first-order valence-electron chi connectivity index (χ1n) is 11.0. The SMILES string of the molecule is O=C(NCC1C2CN(S(=O)(=O)c3ccc(Br)cc3)CC12)c1ccc(N2CCOCC2)c(F)c1. The quantitative estimate of drug-likeness (QED) is 0.612. The summed E-state index contributed by atoms with van der Waals surface area (Å²) in [6, 6.07) is 11.2. The van der Waals surface area contributed by atoms with Crippen LogP contribution in [0.4, 0.5) is 10.1 Å². The highest BCUT2D eigenvalue weighted by molar-refractivity contribution is 9.10. The first-order valence-corrected chi connectivity index (χ1v) is 13.2. The average Bonchev–Trinajstić information content (AvgIpc) is 3.25. The lowest BCUT2D eigenvalue weighted by atomic mass is 10.1. The van der Waals surface area contributed by atoms with Crippen LogP contribution in [0.2, 0.25) is 0 Å². The average molecular weight is 538 g/mol. The van der Waals surface area contributed by atoms with Gasteiger partial charge in [0, 0.05) is 42.8 Å². The molecular formula is C23H25BrFN3O4S. The number of hydrogen-bond acceptors (Lipinski definition) is 5. The molecule has 10 heteroatoms. The van der Waals surface area contributed by atoms with E-state index in [0.717, 1.165) is 4.47 Å². The number of carbonyl (C=O) groups is 1. The highest BCUT2D eigenvalue weighted by atomic mass is 79.9. The molecule has 2 saturated heterocycles. The maximum atomic E-state index is 14.6. The van der Waals surface area contributed by atoms with Gasteiger partial charge in [-0.2, -0.15) is 4.31 Å². The molecule has 3 fully saturated rings. The second-order valence-electron chi connectivity index (χ2n) is 8.74. The fourth-order valence-electron chi connectivity index (χ4n) is 4.89. The fraction of sp³-hybridized carbons (Fsp3) is 0.435. The molecule has 2 aromatic rings. The highest BCUT2D eigenvalue weighted by Crippen LogP contribution is 2.52. The van der Waals surface area contributed by atoms with Gasteiger partial charge in [0.15, 0.2) is 0 Å². The molecule has 2 atom stereocenters. The Morgan fingerprint density at radius 2 is 1.76 bits per heavy atom. The number of nitrogens with one attached hydrogen (secondary N) is 1. The van der Waals surface area contributed by atoms with Gasteiger partial charge in [0.1, 0.15) is 5.82 Å². The van der Waals surface area contributed by atoms with Gasteiger partial charge < -0.3 is 15.0 Å². The van der Waals surface area contributed by atoms with E-state index in [1.54, 1.807) is 36.4 Å². The van der Waals surface area contributed by atoms with Gasteiger partial charge in [-0.15, -0.1) is 0 Å². The summed E-state index contributed by atoms with van der Waals surface area (Å²) in [7, 11) is -3.50. The number of sulfonamides is 1. The van der Waals surface area contributed by atoms with Crippen LogP contribution >= 0.6 is 15.9 Å². The Morgan fingerprint density at radius 3 is 2.39 bits per heavy atom. The summed E-state index contributed by atoms with van der Waals surface area (Å²) in [6.45, 7) is 3.77. The second kappa shape index (κ2) is 8.98. The standard InChI is InChI=1S/C23H25BrFN3O4S/c24-16-2-4-17(5-3-16)33(30,31)28-13-19-18(20(19)14-28)12-26-23(29)15-1-6-22(21(25)11-15)27-7-9-32-10-8-27/h1-6,11,18-20H,7-10,12-14H2,(H,26,29). The van der Waals surface area contributed by atoms with E-state index in [-0.39, 0.29) is 29.2 Å². The van der Waals surface area contributed by atoms with Crippen molar-refractivity contribution in [2.45, 2.75) is 4.90 Å². The van der Waals surface area contributed by atoms with Crippen LogP contribution in [-0.2, 0) is 14.8 Å². The van der Waals surface area contributed by atoms with Crippen molar-refractivity contribution in [3.8, 4) is 0 Å². The molecule has 2 aliphatic heterocycles. The van der Waals surface area contributed by atoms with E-state index in [1.807, 2.05) is 4.90 Å². The third-order valence-corrected chi connectivity index (χ3v) is 9.22. The zero-order chi connectivity index (χ0) is 23.2. The van der Waals surface area contributed by atoms with E-state index in [2.05, 4.69) is 21.2 Å². The number of morpholine rings is 1. The Morgan fingerprint density at radius 1 is 1.09 bits per heavy atom. The minimum absolute atomic E-state index is 0.246. The summed E-state index contributed by atoms with van der Waals surface area (Å²) in [4.78, 5) is 14.8. The molecule has 0 spiro atoms. The normalized spacial score (nSPS) is 25.0. The lowest BCUT2D eigenvalue weighted by Gasteiger charge is -2.29. The molecule has 176 valence electrons. The van der Waals surface area contributed by atoms with Crippen LogP contribution in [0.5, 0.6) is 0 Å². The molecule has 2 unspecified atom stereocenters. The minimum atomic E-state index is -3.50. The first-order chi connectivity index (χ1) is 15.8. The van der Waals surface area contributed by atoms with Crippen LogP contribution in [0.1, 0.15) is 10.4 Å². The van der Waals surface area contributed by atoms with Gasteiger partial charge in [-0.1, -0.05) is 15.9 Å². The molecule has 2 aromatic carbocycles. The summed E-state index contributed by atoms with van der Waals surface area (Å²) in [6.07, 6.45) is 0. The lowest BCUT2D eigenvalue weighted by molar-refractivity contribution is 0.0949. The van der Waals surface area contributed by atoms with Crippen LogP contribution in [0.3, 0.4) is 0 Å². The topological polar surface area (TPSA) is 79.0 Å². The Hall–Kier alpha value is -2.01. The van der Waals surface area contributed by atoms with Crippen LogP contribution in [0, 0.1) is 23.6 Å². The van der Waals surface area contributed by atoms with Crippen LogP contribution in [0.25, 0.3) is 0 Å². The monoisotopic (exact) mass is 537 g/mol. The number of hydrogen-bond donors (Lipinski definition) is 1. The summed E-state index contributed by atoms with van der Waals surface area (Å²) >= 11 is 3.32. The molecule has 33 heavy (non-hydrogen) atoms. The number of halogens is 2. The summed E-state index contributed by atoms with van der Waals surface area (Å²) in [5.41, 5.74) is 0.772. The van der Waals surface area contributed by atoms with Gasteiger partial charge in [0.25, 0.3) is 5.91 Å². The van der Waals surface area contributed by atoms with Crippen LogP contribution in [-0.4, -0.2) is 64.6 Å². The van der Waals surface area contributed by atoms with Gasteiger partial charge in [0.2, 0.25) is 10.0 Å². The maximum absolute atomic E-state index is 14.6. The van der Waals surface area contributed by atoms with Crippen molar-refractivity contribution in [3.63, 3.8) is 0 Å². The van der Waals surface area contributed by atoms with Gasteiger partial charge in [-0.05, 0) is 60.2 Å². The summed E-state index contributed by atoms with van der Waals surface area (Å²) in [5, 5.41) is 2.89. The molecule has 3 aliphatic rings. The van der Waals surface area contributed by atoms with Crippen molar-refractivity contribution >= 4 is 37.5 Å². The molecule has 1 aliphatic carbocycles. The number of carbonyl (C=O) groups excluding carboxylic acids is 1. The smallest absolute Gasteiger partial charge is 0.251 e. The van der Waals surface area contributed by atoms with E-state index in [0.29, 0.717) is 56.5 Å². The molecule has 0 bridgehead atoms. The van der Waals surface area contributed by atoms with Crippen molar-refractivity contribution in [2.75, 3.05) is 50.8 Å². The van der Waals surface area contributed by atoms with E-state index >= 15 is 0 Å². The van der Waals surface area contributed by atoms with Crippen LogP contribution in [0.15, 0.2) is 51.8 Å². The van der Waals surface area contributed by atoms with E-state index in [4.69, 9.17) is 4.74 Å². The summed E-state index contributed by atoms with van der Waals surface area (Å²) in [5.74, 6) is 0.0167. The van der Waals surface area contributed by atoms with Gasteiger partial charge in [-0.3, -0.25) is 4.79 Å². The first kappa shape index (κ1) is 22.8. The molecule has 2 heterocycles. The number of amides is 1. The van der Waals surface area contributed by atoms with Crippen molar-refractivity contribution < 1.29 is 22.3 Å². The number of piperidine rings is 1. The van der Waals surface area contributed by atoms with E-state index in [1.165, 1.54) is 10.4 Å². The molecule has 1 amide bonds. The number of rotatable bonds is 6.